The summed E-state index contributed by atoms with van der Waals surface area (Å²) in [5.41, 5.74) is 5.64. The van der Waals surface area contributed by atoms with Crippen LogP contribution in [0, 0.1) is 0 Å². The smallest absolute Gasteiger partial charge is 0.0629 e. The van der Waals surface area contributed by atoms with E-state index in [1.54, 1.807) is 11.8 Å². The molecule has 0 aromatic rings. The Morgan fingerprint density at radius 1 is 1.62 bits per heavy atom. The van der Waals surface area contributed by atoms with Crippen LogP contribution < -0.4 is 5.73 Å². The lowest BCUT2D eigenvalue weighted by atomic mass is 10.3. The van der Waals surface area contributed by atoms with Gasteiger partial charge in [-0.25, -0.2) is 0 Å². The molecule has 0 radical (unpaired) electrons. The molecule has 1 rings (SSSR count). The van der Waals surface area contributed by atoms with Crippen LogP contribution in [0.15, 0.2) is 0 Å². The highest BCUT2D eigenvalue weighted by Crippen LogP contribution is 2.15. The number of ether oxygens (including phenoxy) is 1. The van der Waals surface area contributed by atoms with Crippen molar-refractivity contribution in [3.05, 3.63) is 0 Å². The van der Waals surface area contributed by atoms with Gasteiger partial charge in [-0.3, -0.25) is 0 Å². The molecule has 1 aliphatic rings. The summed E-state index contributed by atoms with van der Waals surface area (Å²) in [5, 5.41) is 0.537. The van der Waals surface area contributed by atoms with Crippen molar-refractivity contribution in [2.45, 2.75) is 11.3 Å². The van der Waals surface area contributed by atoms with E-state index in [1.807, 2.05) is 0 Å². The Balaban J connectivity index is 2.30. The second kappa shape index (κ2) is 2.71. The Labute approximate surface area is 53.8 Å². The monoisotopic (exact) mass is 133 g/mol. The fraction of sp³-hybridized carbons (Fsp3) is 1.00. The molecule has 2 N–H and O–H groups in total. The number of nitrogens with two attached hydrogens (primary N) is 1. The quantitative estimate of drug-likeness (QED) is 0.550. The molecule has 0 amide bonds. The van der Waals surface area contributed by atoms with Crippen LogP contribution in [0.1, 0.15) is 0 Å². The summed E-state index contributed by atoms with van der Waals surface area (Å²) in [4.78, 5) is 0. The molecule has 0 aromatic heterocycles. The number of thioether (sulfide) groups is 1. The van der Waals surface area contributed by atoms with Crippen molar-refractivity contribution in [1.29, 1.82) is 0 Å². The first-order valence-electron chi connectivity index (χ1n) is 2.70. The second-order valence-corrected chi connectivity index (χ2v) is 3.05. The standard InChI is InChI=1S/C5H11NOS/c1-8-5-3-7-2-4(5)6/h4-5H,2-3,6H2,1H3/t4-,5+/m0/s1. The first-order chi connectivity index (χ1) is 3.84. The molecule has 0 aromatic carbocycles. The fourth-order valence-corrected chi connectivity index (χ4v) is 1.45. The van der Waals surface area contributed by atoms with Crippen molar-refractivity contribution in [2.24, 2.45) is 5.73 Å². The highest BCUT2D eigenvalue weighted by molar-refractivity contribution is 7.99. The van der Waals surface area contributed by atoms with Gasteiger partial charge in [0.2, 0.25) is 0 Å². The van der Waals surface area contributed by atoms with Crippen LogP contribution >= 0.6 is 11.8 Å². The van der Waals surface area contributed by atoms with Gasteiger partial charge < -0.3 is 10.5 Å². The zero-order valence-electron chi connectivity index (χ0n) is 4.96. The normalized spacial score (nSPS) is 38.2. The third-order valence-electron chi connectivity index (χ3n) is 1.37. The fourth-order valence-electron chi connectivity index (χ4n) is 0.794. The summed E-state index contributed by atoms with van der Waals surface area (Å²) in [5.74, 6) is 0. The molecule has 0 saturated carbocycles. The van der Waals surface area contributed by atoms with Gasteiger partial charge in [-0.2, -0.15) is 11.8 Å². The van der Waals surface area contributed by atoms with E-state index >= 15 is 0 Å². The van der Waals surface area contributed by atoms with Gasteiger partial charge in [-0.1, -0.05) is 0 Å². The van der Waals surface area contributed by atoms with Gasteiger partial charge in [0.15, 0.2) is 0 Å². The minimum absolute atomic E-state index is 0.269. The van der Waals surface area contributed by atoms with E-state index < -0.39 is 0 Å². The first-order valence-corrected chi connectivity index (χ1v) is 3.99. The molecule has 1 fully saturated rings. The summed E-state index contributed by atoms with van der Waals surface area (Å²) >= 11 is 1.79. The van der Waals surface area contributed by atoms with Crippen LogP contribution in [0.3, 0.4) is 0 Å². The molecule has 0 bridgehead atoms. The van der Waals surface area contributed by atoms with E-state index in [1.165, 1.54) is 0 Å². The maximum atomic E-state index is 5.64. The summed E-state index contributed by atoms with van der Waals surface area (Å²) in [7, 11) is 0. The van der Waals surface area contributed by atoms with E-state index in [4.69, 9.17) is 10.5 Å². The summed E-state index contributed by atoms with van der Waals surface area (Å²) in [6.45, 7) is 1.58. The number of rotatable bonds is 1. The molecule has 0 unspecified atom stereocenters. The molecule has 2 atom stereocenters. The minimum Gasteiger partial charge on any atom is -0.379 e. The molecule has 3 heteroatoms. The Bertz CT molecular complexity index is 78.8. The summed E-state index contributed by atoms with van der Waals surface area (Å²) < 4.78 is 5.11. The summed E-state index contributed by atoms with van der Waals surface area (Å²) in [6, 6.07) is 0.269. The number of hydrogen-bond acceptors (Lipinski definition) is 3. The van der Waals surface area contributed by atoms with Gasteiger partial charge >= 0.3 is 0 Å². The molecule has 2 nitrogen and oxygen atoms in total. The third-order valence-corrected chi connectivity index (χ3v) is 2.46. The predicted molar refractivity (Wildman–Crippen MR) is 36.1 cm³/mol. The van der Waals surface area contributed by atoms with Crippen LogP contribution in [-0.4, -0.2) is 30.8 Å². The van der Waals surface area contributed by atoms with E-state index in [0.29, 0.717) is 5.25 Å². The van der Waals surface area contributed by atoms with E-state index in [9.17, 15) is 0 Å². The molecule has 0 aliphatic carbocycles. The van der Waals surface area contributed by atoms with Crippen LogP contribution in [0.4, 0.5) is 0 Å². The number of hydrogen-bond donors (Lipinski definition) is 1. The van der Waals surface area contributed by atoms with Gasteiger partial charge in [0, 0.05) is 11.3 Å². The highest BCUT2D eigenvalue weighted by atomic mass is 32.2. The van der Waals surface area contributed by atoms with E-state index in [-0.39, 0.29) is 6.04 Å². The predicted octanol–water partition coefficient (Wildman–Crippen LogP) is 0.0755. The SMILES string of the molecule is CS[C@@H]1COC[C@@H]1N. The van der Waals surface area contributed by atoms with Crippen molar-refractivity contribution in [2.75, 3.05) is 19.5 Å². The Hall–Kier alpha value is 0.270. The Morgan fingerprint density at radius 2 is 2.38 bits per heavy atom. The molecule has 8 heavy (non-hydrogen) atoms. The Kier molecular flexibility index (Phi) is 2.16. The van der Waals surface area contributed by atoms with E-state index in [2.05, 4.69) is 6.26 Å². The van der Waals surface area contributed by atoms with Crippen LogP contribution in [0.2, 0.25) is 0 Å². The van der Waals surface area contributed by atoms with Crippen molar-refractivity contribution in [1.82, 2.24) is 0 Å². The van der Waals surface area contributed by atoms with Gasteiger partial charge in [0.1, 0.15) is 0 Å². The first kappa shape index (κ1) is 6.39. The topological polar surface area (TPSA) is 35.2 Å². The molecule has 1 heterocycles. The molecule has 48 valence electrons. The van der Waals surface area contributed by atoms with E-state index in [0.717, 1.165) is 13.2 Å². The van der Waals surface area contributed by atoms with Gasteiger partial charge in [-0.05, 0) is 6.26 Å². The van der Waals surface area contributed by atoms with Crippen LogP contribution in [0.25, 0.3) is 0 Å². The lowest BCUT2D eigenvalue weighted by Gasteiger charge is -2.07. The second-order valence-electron chi connectivity index (χ2n) is 1.98. The summed E-state index contributed by atoms with van der Waals surface area (Å²) in [6.07, 6.45) is 2.07. The molecular formula is C5H11NOS. The van der Waals surface area contributed by atoms with Gasteiger partial charge in [0.25, 0.3) is 0 Å². The molecule has 1 saturated heterocycles. The van der Waals surface area contributed by atoms with Crippen LogP contribution in [-0.2, 0) is 4.74 Å². The lowest BCUT2D eigenvalue weighted by molar-refractivity contribution is 0.195. The van der Waals surface area contributed by atoms with Crippen molar-refractivity contribution < 1.29 is 4.74 Å². The van der Waals surface area contributed by atoms with Crippen molar-refractivity contribution in [3.63, 3.8) is 0 Å². The average Bonchev–Trinajstić information content (AvgIpc) is 2.14. The Morgan fingerprint density at radius 3 is 2.62 bits per heavy atom. The zero-order valence-corrected chi connectivity index (χ0v) is 5.78. The average molecular weight is 133 g/mol. The third kappa shape index (κ3) is 1.16. The maximum absolute atomic E-state index is 5.64. The van der Waals surface area contributed by atoms with Crippen LogP contribution in [0.5, 0.6) is 0 Å². The molecule has 0 spiro atoms. The molecular weight excluding hydrogens is 122 g/mol. The van der Waals surface area contributed by atoms with Crippen molar-refractivity contribution in [3.8, 4) is 0 Å². The maximum Gasteiger partial charge on any atom is 0.0629 e. The largest absolute Gasteiger partial charge is 0.379 e. The zero-order chi connectivity index (χ0) is 5.98. The molecule has 1 aliphatic heterocycles. The van der Waals surface area contributed by atoms with Gasteiger partial charge in [-0.15, -0.1) is 0 Å². The highest BCUT2D eigenvalue weighted by Gasteiger charge is 2.22. The minimum atomic E-state index is 0.269. The lowest BCUT2D eigenvalue weighted by Crippen LogP contribution is -2.30. The van der Waals surface area contributed by atoms with Gasteiger partial charge in [0.05, 0.1) is 13.2 Å². The van der Waals surface area contributed by atoms with Crippen molar-refractivity contribution >= 4 is 11.8 Å².